The smallest absolute Gasteiger partial charge is 0.245 e. The van der Waals surface area contributed by atoms with E-state index < -0.39 is 0 Å². The molecule has 0 spiro atoms. The van der Waals surface area contributed by atoms with Gasteiger partial charge in [-0.25, -0.2) is 9.50 Å². The third-order valence-corrected chi connectivity index (χ3v) is 5.22. The normalized spacial score (nSPS) is 14.1. The van der Waals surface area contributed by atoms with Gasteiger partial charge in [-0.2, -0.15) is 0 Å². The van der Waals surface area contributed by atoms with E-state index in [2.05, 4.69) is 32.4 Å². The van der Waals surface area contributed by atoms with Gasteiger partial charge < -0.3 is 15.0 Å². The minimum atomic E-state index is 0.505. The highest BCUT2D eigenvalue weighted by Gasteiger charge is 2.12. The van der Waals surface area contributed by atoms with Gasteiger partial charge in [0.2, 0.25) is 5.95 Å². The van der Waals surface area contributed by atoms with E-state index in [1.807, 2.05) is 47.0 Å². The molecular weight excluding hydrogens is 378 g/mol. The molecule has 0 bridgehead atoms. The maximum Gasteiger partial charge on any atom is 0.245 e. The van der Waals surface area contributed by atoms with Crippen molar-refractivity contribution in [2.24, 2.45) is 0 Å². The lowest BCUT2D eigenvalue weighted by molar-refractivity contribution is 0.112. The van der Waals surface area contributed by atoms with Gasteiger partial charge in [0.25, 0.3) is 0 Å². The Morgan fingerprint density at radius 3 is 2.63 bits per heavy atom. The van der Waals surface area contributed by atoms with Crippen molar-refractivity contribution in [2.45, 2.75) is 0 Å². The Bertz CT molecular complexity index is 1180. The minimum absolute atomic E-state index is 0.505. The molecule has 0 radical (unpaired) electrons. The first kappa shape index (κ1) is 18.3. The summed E-state index contributed by atoms with van der Waals surface area (Å²) in [6.07, 6.45) is 2.63. The molecule has 0 unspecified atom stereocenters. The molecule has 3 heterocycles. The standard InChI is InChI=1S/C23H21N5O2/c29-16-17-2-1-3-18(14-17)22-9-8-21-15-24-23(26-28(21)22)25-19-4-6-20(7-5-19)27-10-12-30-13-11-27/h1-9,14-16H,10-13H2,(H,25,26). The van der Waals surface area contributed by atoms with Crippen molar-refractivity contribution in [3.05, 3.63) is 72.4 Å². The molecule has 5 rings (SSSR count). The van der Waals surface area contributed by atoms with Crippen molar-refractivity contribution >= 4 is 29.1 Å². The van der Waals surface area contributed by atoms with Gasteiger partial charge in [0.05, 0.1) is 30.6 Å². The van der Waals surface area contributed by atoms with Crippen molar-refractivity contribution in [3.63, 3.8) is 0 Å². The highest BCUT2D eigenvalue weighted by molar-refractivity contribution is 5.79. The summed E-state index contributed by atoms with van der Waals surface area (Å²) < 4.78 is 7.25. The molecule has 1 aliphatic heterocycles. The molecule has 2 aromatic heterocycles. The SMILES string of the molecule is O=Cc1cccc(-c2ccc3cnc(Nc4ccc(N5CCOCC5)cc4)nn23)c1. The van der Waals surface area contributed by atoms with Gasteiger partial charge >= 0.3 is 0 Å². The largest absolute Gasteiger partial charge is 0.378 e. The Balaban J connectivity index is 1.40. The number of morpholine rings is 1. The lowest BCUT2D eigenvalue weighted by Crippen LogP contribution is -2.36. The lowest BCUT2D eigenvalue weighted by Gasteiger charge is -2.28. The maximum atomic E-state index is 11.1. The zero-order valence-electron chi connectivity index (χ0n) is 16.4. The van der Waals surface area contributed by atoms with Gasteiger partial charge in [-0.3, -0.25) is 4.79 Å². The van der Waals surface area contributed by atoms with E-state index in [4.69, 9.17) is 4.74 Å². The zero-order valence-corrected chi connectivity index (χ0v) is 16.4. The Kier molecular flexibility index (Phi) is 4.86. The van der Waals surface area contributed by atoms with Crippen LogP contribution in [0.3, 0.4) is 0 Å². The summed E-state index contributed by atoms with van der Waals surface area (Å²) >= 11 is 0. The van der Waals surface area contributed by atoms with E-state index in [0.717, 1.165) is 55.1 Å². The molecule has 30 heavy (non-hydrogen) atoms. The van der Waals surface area contributed by atoms with Crippen molar-refractivity contribution in [1.29, 1.82) is 0 Å². The van der Waals surface area contributed by atoms with Crippen LogP contribution in [0.5, 0.6) is 0 Å². The molecule has 0 aliphatic carbocycles. The predicted molar refractivity (Wildman–Crippen MR) is 117 cm³/mol. The lowest BCUT2D eigenvalue weighted by atomic mass is 10.1. The van der Waals surface area contributed by atoms with Gasteiger partial charge in [0, 0.05) is 35.6 Å². The zero-order chi connectivity index (χ0) is 20.3. The van der Waals surface area contributed by atoms with Gasteiger partial charge in [-0.05, 0) is 42.5 Å². The number of carbonyl (C=O) groups excluding carboxylic acids is 1. The molecule has 1 aliphatic rings. The maximum absolute atomic E-state index is 11.1. The number of aldehydes is 1. The number of hydrogen-bond acceptors (Lipinski definition) is 6. The first-order chi connectivity index (χ1) is 14.8. The number of benzene rings is 2. The Labute approximate surface area is 173 Å². The summed E-state index contributed by atoms with van der Waals surface area (Å²) in [7, 11) is 0. The molecule has 0 amide bonds. The summed E-state index contributed by atoms with van der Waals surface area (Å²) in [6.45, 7) is 3.36. The highest BCUT2D eigenvalue weighted by Crippen LogP contribution is 2.24. The number of anilines is 3. The molecule has 2 aromatic carbocycles. The number of rotatable bonds is 5. The first-order valence-electron chi connectivity index (χ1n) is 9.90. The Morgan fingerprint density at radius 2 is 1.83 bits per heavy atom. The molecule has 150 valence electrons. The van der Waals surface area contributed by atoms with E-state index in [-0.39, 0.29) is 0 Å². The van der Waals surface area contributed by atoms with Crippen LogP contribution in [0, 0.1) is 0 Å². The predicted octanol–water partition coefficient (Wildman–Crippen LogP) is 3.79. The molecule has 1 fully saturated rings. The molecule has 7 heteroatoms. The average molecular weight is 399 g/mol. The number of hydrogen-bond donors (Lipinski definition) is 1. The summed E-state index contributed by atoms with van der Waals surface area (Å²) in [5.41, 5.74) is 5.46. The number of nitrogens with one attached hydrogen (secondary N) is 1. The molecule has 1 saturated heterocycles. The second-order valence-electron chi connectivity index (χ2n) is 7.15. The van der Waals surface area contributed by atoms with Crippen LogP contribution in [-0.4, -0.2) is 47.2 Å². The second-order valence-corrected chi connectivity index (χ2v) is 7.15. The van der Waals surface area contributed by atoms with Gasteiger partial charge in [-0.1, -0.05) is 18.2 Å². The Hall–Kier alpha value is -3.71. The molecular formula is C23H21N5O2. The van der Waals surface area contributed by atoms with E-state index in [1.54, 1.807) is 12.3 Å². The number of carbonyl (C=O) groups is 1. The van der Waals surface area contributed by atoms with Crippen LogP contribution >= 0.6 is 0 Å². The van der Waals surface area contributed by atoms with Crippen LogP contribution in [0.4, 0.5) is 17.3 Å². The van der Waals surface area contributed by atoms with Gasteiger partial charge in [0.1, 0.15) is 6.29 Å². The quantitative estimate of drug-likeness (QED) is 0.515. The van der Waals surface area contributed by atoms with Crippen molar-refractivity contribution in [2.75, 3.05) is 36.5 Å². The van der Waals surface area contributed by atoms with Crippen LogP contribution in [-0.2, 0) is 4.74 Å². The molecule has 0 atom stereocenters. The van der Waals surface area contributed by atoms with Gasteiger partial charge in [0.15, 0.2) is 0 Å². The van der Waals surface area contributed by atoms with Crippen LogP contribution in [0.2, 0.25) is 0 Å². The average Bonchev–Trinajstić information content (AvgIpc) is 3.23. The van der Waals surface area contributed by atoms with Crippen LogP contribution in [0.15, 0.2) is 66.9 Å². The summed E-state index contributed by atoms with van der Waals surface area (Å²) in [5, 5.41) is 7.93. The van der Waals surface area contributed by atoms with Crippen LogP contribution in [0.25, 0.3) is 16.8 Å². The van der Waals surface area contributed by atoms with Crippen molar-refractivity contribution in [3.8, 4) is 11.3 Å². The Morgan fingerprint density at radius 1 is 1.00 bits per heavy atom. The fourth-order valence-corrected chi connectivity index (χ4v) is 3.66. The van der Waals surface area contributed by atoms with E-state index in [1.165, 1.54) is 5.69 Å². The minimum Gasteiger partial charge on any atom is -0.378 e. The summed E-state index contributed by atoms with van der Waals surface area (Å²) in [6, 6.07) is 19.7. The number of fused-ring (bicyclic) bond motifs is 1. The first-order valence-corrected chi connectivity index (χ1v) is 9.90. The van der Waals surface area contributed by atoms with E-state index >= 15 is 0 Å². The molecule has 4 aromatic rings. The van der Waals surface area contributed by atoms with Gasteiger partial charge in [-0.15, -0.1) is 5.10 Å². The third kappa shape index (κ3) is 3.62. The monoisotopic (exact) mass is 399 g/mol. The number of aromatic nitrogens is 3. The molecule has 7 nitrogen and oxygen atoms in total. The van der Waals surface area contributed by atoms with Crippen LogP contribution in [0.1, 0.15) is 10.4 Å². The second kappa shape index (κ2) is 7.96. The van der Waals surface area contributed by atoms with Crippen molar-refractivity contribution in [1.82, 2.24) is 14.6 Å². The summed E-state index contributed by atoms with van der Waals surface area (Å²) in [4.78, 5) is 17.9. The number of ether oxygens (including phenoxy) is 1. The molecule has 0 saturated carbocycles. The van der Waals surface area contributed by atoms with Crippen LogP contribution < -0.4 is 10.2 Å². The number of nitrogens with zero attached hydrogens (tertiary/aromatic N) is 4. The van der Waals surface area contributed by atoms with E-state index in [0.29, 0.717) is 11.5 Å². The highest BCUT2D eigenvalue weighted by atomic mass is 16.5. The van der Waals surface area contributed by atoms with Crippen molar-refractivity contribution < 1.29 is 9.53 Å². The summed E-state index contributed by atoms with van der Waals surface area (Å²) in [5.74, 6) is 0.505. The topological polar surface area (TPSA) is 71.8 Å². The third-order valence-electron chi connectivity index (χ3n) is 5.22. The molecule has 1 N–H and O–H groups in total. The fourth-order valence-electron chi connectivity index (χ4n) is 3.66. The fraction of sp³-hybridized carbons (Fsp3) is 0.174. The van der Waals surface area contributed by atoms with E-state index in [9.17, 15) is 4.79 Å².